The highest BCUT2D eigenvalue weighted by Crippen LogP contribution is 2.26. The highest BCUT2D eigenvalue weighted by molar-refractivity contribution is 7.89. The molecule has 282 valence electrons. The predicted molar refractivity (Wildman–Crippen MR) is 185 cm³/mol. The van der Waals surface area contributed by atoms with Crippen molar-refractivity contribution >= 4 is 45.9 Å². The Morgan fingerprint density at radius 1 is 0.863 bits per heavy atom. The van der Waals surface area contributed by atoms with Gasteiger partial charge in [-0.05, 0) is 57.1 Å². The Labute approximate surface area is 297 Å². The molecule has 0 aromatic heterocycles. The van der Waals surface area contributed by atoms with Crippen LogP contribution in [0.25, 0.3) is 0 Å². The van der Waals surface area contributed by atoms with E-state index in [9.17, 15) is 42.3 Å². The van der Waals surface area contributed by atoms with E-state index in [1.165, 1.54) is 24.3 Å². The van der Waals surface area contributed by atoms with Crippen molar-refractivity contribution in [3.05, 3.63) is 55.6 Å². The first kappa shape index (κ1) is 42.2. The molecule has 0 saturated carbocycles. The summed E-state index contributed by atoms with van der Waals surface area (Å²) in [6, 6.07) is 3.76. The number of hydrogen-bond donors (Lipinski definition) is 6. The normalized spacial score (nSPS) is 15.3. The number of sulfonamides is 1. The molecule has 18 heteroatoms. The van der Waals surface area contributed by atoms with E-state index >= 15 is 0 Å². The van der Waals surface area contributed by atoms with Crippen molar-refractivity contribution in [2.75, 3.05) is 39.4 Å². The van der Waals surface area contributed by atoms with E-state index in [1.54, 1.807) is 18.2 Å². The molecule has 0 bridgehead atoms. The minimum absolute atomic E-state index is 0.00358. The quantitative estimate of drug-likeness (QED) is 0.0689. The first-order chi connectivity index (χ1) is 24.4. The maximum atomic E-state index is 13.2. The fourth-order valence-electron chi connectivity index (χ4n) is 4.98. The van der Waals surface area contributed by atoms with Crippen molar-refractivity contribution in [3.63, 3.8) is 0 Å². The Morgan fingerprint density at radius 2 is 1.47 bits per heavy atom. The third kappa shape index (κ3) is 15.2. The van der Waals surface area contributed by atoms with E-state index in [-0.39, 0.29) is 57.0 Å². The number of unbranched alkanes of at least 4 members (excludes halogenated alkanes) is 2. The van der Waals surface area contributed by atoms with Gasteiger partial charge in [-0.25, -0.2) is 22.8 Å². The number of amides is 5. The monoisotopic (exact) mass is 736 g/mol. The molecule has 3 atom stereocenters. The maximum Gasteiger partial charge on any atom is 0.407 e. The highest BCUT2D eigenvalue weighted by atomic mass is 32.2. The van der Waals surface area contributed by atoms with E-state index < -0.39 is 70.6 Å². The van der Waals surface area contributed by atoms with Gasteiger partial charge in [-0.2, -0.15) is 4.31 Å². The number of hydrogen-bond acceptors (Lipinski definition) is 10. The van der Waals surface area contributed by atoms with Gasteiger partial charge >= 0.3 is 18.2 Å². The summed E-state index contributed by atoms with van der Waals surface area (Å²) in [7, 11) is -4.02. The van der Waals surface area contributed by atoms with Gasteiger partial charge in [-0.3, -0.25) is 14.4 Å². The molecule has 5 amide bonds. The number of nitrogens with zero attached hydrogens (tertiary/aromatic N) is 1. The number of carboxylic acid groups (broad SMARTS) is 1. The fourth-order valence-corrected chi connectivity index (χ4v) is 6.66. The van der Waals surface area contributed by atoms with Crippen LogP contribution in [-0.4, -0.2) is 111 Å². The van der Waals surface area contributed by atoms with Crippen LogP contribution >= 0.6 is 0 Å². The Bertz CT molecular complexity index is 1460. The molecule has 1 aliphatic rings. The second-order valence-corrected chi connectivity index (χ2v) is 13.3. The lowest BCUT2D eigenvalue weighted by molar-refractivity contribution is -0.142. The third-order valence-corrected chi connectivity index (χ3v) is 9.48. The van der Waals surface area contributed by atoms with Gasteiger partial charge in [0.25, 0.3) is 0 Å². The first-order valence-corrected chi connectivity index (χ1v) is 18.0. The van der Waals surface area contributed by atoms with Crippen molar-refractivity contribution in [2.24, 2.45) is 0 Å². The van der Waals surface area contributed by atoms with E-state index in [0.717, 1.165) is 4.31 Å². The number of nitrogens with one attached hydrogen (secondary N) is 5. The summed E-state index contributed by atoms with van der Waals surface area (Å²) in [4.78, 5) is 74.4. The lowest BCUT2D eigenvalue weighted by Gasteiger charge is -2.25. The van der Waals surface area contributed by atoms with E-state index in [4.69, 9.17) is 9.47 Å². The number of carboxylic acids is 1. The number of carbonyl (C=O) groups excluding carboxylic acids is 5. The number of aliphatic carboxylic acids is 1. The summed E-state index contributed by atoms with van der Waals surface area (Å²) in [5, 5.41) is 22.4. The van der Waals surface area contributed by atoms with Crippen LogP contribution in [0.1, 0.15) is 51.4 Å². The highest BCUT2D eigenvalue weighted by Gasteiger charge is 2.40. The first-order valence-electron chi connectivity index (χ1n) is 16.6. The molecular weight excluding hydrogens is 688 g/mol. The molecular formula is C33H48N6O11S. The van der Waals surface area contributed by atoms with Crippen molar-refractivity contribution in [1.82, 2.24) is 30.9 Å². The summed E-state index contributed by atoms with van der Waals surface area (Å²) >= 11 is 0. The molecule has 0 unspecified atom stereocenters. The van der Waals surface area contributed by atoms with Crippen LogP contribution in [0, 0.1) is 0 Å². The van der Waals surface area contributed by atoms with Crippen LogP contribution in [-0.2, 0) is 38.7 Å². The lowest BCUT2D eigenvalue weighted by atomic mass is 10.1. The van der Waals surface area contributed by atoms with Gasteiger partial charge < -0.3 is 41.2 Å². The zero-order valence-corrected chi connectivity index (χ0v) is 29.3. The van der Waals surface area contributed by atoms with Gasteiger partial charge in [0.2, 0.25) is 27.7 Å². The van der Waals surface area contributed by atoms with Crippen LogP contribution < -0.4 is 26.6 Å². The maximum absolute atomic E-state index is 13.2. The second kappa shape index (κ2) is 22.7. The Balaban J connectivity index is 1.98. The van der Waals surface area contributed by atoms with Gasteiger partial charge in [0.15, 0.2) is 0 Å². The summed E-state index contributed by atoms with van der Waals surface area (Å²) < 4.78 is 37.1. The number of carbonyl (C=O) groups is 6. The zero-order chi connectivity index (χ0) is 37.6. The largest absolute Gasteiger partial charge is 0.480 e. The van der Waals surface area contributed by atoms with Crippen molar-refractivity contribution in [3.8, 4) is 0 Å². The summed E-state index contributed by atoms with van der Waals surface area (Å²) in [6.45, 7) is 7.03. The van der Waals surface area contributed by atoms with Gasteiger partial charge in [0.05, 0.1) is 4.90 Å². The van der Waals surface area contributed by atoms with Crippen LogP contribution in [0.2, 0.25) is 0 Å². The molecule has 1 heterocycles. The number of alkyl carbamates (subject to hydrolysis) is 2. The summed E-state index contributed by atoms with van der Waals surface area (Å²) in [5.41, 5.74) is 0. The Morgan fingerprint density at radius 3 is 2.06 bits per heavy atom. The third-order valence-electron chi connectivity index (χ3n) is 7.56. The van der Waals surface area contributed by atoms with Crippen LogP contribution in [0.15, 0.2) is 60.5 Å². The average Bonchev–Trinajstić information content (AvgIpc) is 3.62. The van der Waals surface area contributed by atoms with Gasteiger partial charge in [0.1, 0.15) is 31.3 Å². The zero-order valence-electron chi connectivity index (χ0n) is 28.5. The van der Waals surface area contributed by atoms with Gasteiger partial charge in [-0.15, -0.1) is 0 Å². The van der Waals surface area contributed by atoms with E-state index in [0.29, 0.717) is 32.1 Å². The van der Waals surface area contributed by atoms with Gasteiger partial charge in [0, 0.05) is 32.6 Å². The second-order valence-electron chi connectivity index (χ2n) is 11.4. The molecule has 1 fully saturated rings. The summed E-state index contributed by atoms with van der Waals surface area (Å²) in [5.74, 6) is -3.44. The molecule has 2 rings (SSSR count). The minimum atomic E-state index is -4.02. The van der Waals surface area contributed by atoms with Gasteiger partial charge in [-0.1, -0.05) is 43.5 Å². The molecule has 0 aliphatic carbocycles. The SMILES string of the molecule is C=CCOC(=O)NCCCCC(=O)N[C@@H](CCCCNC(=O)OCC=C)C(=O)NC[C@H](NC(=O)[C@@H]1CCCN1S(=O)(=O)c1ccccc1)C(=O)O. The number of rotatable bonds is 23. The molecule has 0 radical (unpaired) electrons. The Hall–Kier alpha value is -4.97. The fraction of sp³-hybridized carbons (Fsp3) is 0.515. The number of benzene rings is 1. The molecule has 1 aliphatic heterocycles. The lowest BCUT2D eigenvalue weighted by Crippen LogP contribution is -2.55. The molecule has 17 nitrogen and oxygen atoms in total. The molecule has 1 aromatic rings. The number of ether oxygens (including phenoxy) is 2. The van der Waals surface area contributed by atoms with Crippen molar-refractivity contribution in [1.29, 1.82) is 0 Å². The average molecular weight is 737 g/mol. The van der Waals surface area contributed by atoms with Crippen molar-refractivity contribution in [2.45, 2.75) is 74.4 Å². The minimum Gasteiger partial charge on any atom is -0.480 e. The molecule has 51 heavy (non-hydrogen) atoms. The van der Waals surface area contributed by atoms with Crippen LogP contribution in [0.5, 0.6) is 0 Å². The molecule has 1 saturated heterocycles. The Kier molecular flexibility index (Phi) is 18.8. The predicted octanol–water partition coefficient (Wildman–Crippen LogP) is 1.18. The molecule has 1 aromatic carbocycles. The molecule has 0 spiro atoms. The van der Waals surface area contributed by atoms with Crippen LogP contribution in [0.4, 0.5) is 9.59 Å². The van der Waals surface area contributed by atoms with Crippen molar-refractivity contribution < 1.29 is 51.8 Å². The van der Waals surface area contributed by atoms with E-state index in [1.807, 2.05) is 0 Å². The topological polar surface area (TPSA) is 239 Å². The summed E-state index contributed by atoms with van der Waals surface area (Å²) in [6.07, 6.45) is 3.96. The van der Waals surface area contributed by atoms with E-state index in [2.05, 4.69) is 39.7 Å². The smallest absolute Gasteiger partial charge is 0.407 e. The van der Waals surface area contributed by atoms with Crippen LogP contribution in [0.3, 0.4) is 0 Å². The standard InChI is InChI=1S/C33H48N6O11S/c1-3-21-49-32(45)34-18-10-8-15-25(37-28(40)17-9-11-19-35-33(46)50-22-4-2)29(41)36-23-26(31(43)44)38-30(42)27-16-12-20-39(27)51(47,48)24-13-6-5-7-14-24/h3-7,13-14,25-27H,1-2,8-12,15-23H2,(H,34,45)(H,35,46)(H,36,41)(H,37,40)(H,38,42)(H,43,44)/t25-,26-,27-/m0/s1. The molecule has 6 N–H and O–H groups in total.